The van der Waals surface area contributed by atoms with Gasteiger partial charge in [0.1, 0.15) is 0 Å². The number of unbranched alkanes of at least 4 members (excludes halogenated alkanes) is 1. The number of aliphatic hydroxyl groups is 1. The Hall–Kier alpha value is -1.45. The van der Waals surface area contributed by atoms with Crippen molar-refractivity contribution in [3.8, 4) is 0 Å². The lowest BCUT2D eigenvalue weighted by molar-refractivity contribution is 0.284. The summed E-state index contributed by atoms with van der Waals surface area (Å²) in [7, 11) is 0. The molecule has 2 aromatic rings. The van der Waals surface area contributed by atoms with Crippen LogP contribution in [0.3, 0.4) is 0 Å². The van der Waals surface area contributed by atoms with Gasteiger partial charge in [-0.3, -0.25) is 0 Å². The molecule has 1 heterocycles. The first-order valence-corrected chi connectivity index (χ1v) is 7.47. The molecule has 0 atom stereocenters. The van der Waals surface area contributed by atoms with Gasteiger partial charge < -0.3 is 10.4 Å². The third kappa shape index (κ3) is 2.62. The normalized spacial score (nSPS) is 12.5. The monoisotopic (exact) mass is 271 g/mol. The molecule has 0 amide bonds. The number of benzene rings is 2. The molecule has 19 heavy (non-hydrogen) atoms. The lowest BCUT2D eigenvalue weighted by Crippen LogP contribution is -2.02. The number of nitrogens with one attached hydrogen (secondary N) is 1. The summed E-state index contributed by atoms with van der Waals surface area (Å²) in [6, 6.07) is 14.8. The Balaban J connectivity index is 1.88. The van der Waals surface area contributed by atoms with Gasteiger partial charge in [-0.1, -0.05) is 36.0 Å². The fourth-order valence-electron chi connectivity index (χ4n) is 2.34. The molecule has 0 unspecified atom stereocenters. The van der Waals surface area contributed by atoms with Crippen molar-refractivity contribution in [3.05, 3.63) is 48.0 Å². The van der Waals surface area contributed by atoms with Crippen LogP contribution < -0.4 is 5.32 Å². The lowest BCUT2D eigenvalue weighted by atomic mass is 10.1. The second kappa shape index (κ2) is 5.68. The highest BCUT2D eigenvalue weighted by Gasteiger charge is 2.17. The predicted octanol–water partition coefficient (Wildman–Crippen LogP) is 4.21. The van der Waals surface area contributed by atoms with Crippen LogP contribution in [0.4, 0.5) is 11.4 Å². The Morgan fingerprint density at radius 3 is 2.68 bits per heavy atom. The lowest BCUT2D eigenvalue weighted by Gasteiger charge is -2.23. The minimum atomic E-state index is 0.281. The summed E-state index contributed by atoms with van der Waals surface area (Å²) >= 11 is 1.84. The zero-order chi connectivity index (χ0) is 13.1. The maximum Gasteiger partial charge on any atom is 0.0529 e. The molecule has 2 nitrogen and oxygen atoms in total. The predicted molar refractivity (Wildman–Crippen MR) is 80.3 cm³/mol. The number of para-hydroxylation sites is 1. The summed E-state index contributed by atoms with van der Waals surface area (Å²) in [5.74, 6) is 0. The Bertz CT molecular complexity index is 583. The van der Waals surface area contributed by atoms with E-state index in [2.05, 4.69) is 47.8 Å². The van der Waals surface area contributed by atoms with Crippen LogP contribution in [0.1, 0.15) is 18.4 Å². The standard InChI is InChI=1S/C16H17NOS/c18-11-4-3-6-12-7-5-9-14-16(12)19-15-10-2-1-8-13(15)17-14/h1-2,5,7-10,17-18H,3-4,6,11H2. The van der Waals surface area contributed by atoms with Gasteiger partial charge in [-0.15, -0.1) is 0 Å². The molecule has 3 heteroatoms. The van der Waals surface area contributed by atoms with Gasteiger partial charge in [0.2, 0.25) is 0 Å². The van der Waals surface area contributed by atoms with Gasteiger partial charge >= 0.3 is 0 Å². The number of aliphatic hydroxyl groups excluding tert-OH is 1. The molecule has 98 valence electrons. The van der Waals surface area contributed by atoms with Crippen LogP contribution in [0, 0.1) is 0 Å². The topological polar surface area (TPSA) is 32.3 Å². The van der Waals surface area contributed by atoms with Crippen molar-refractivity contribution in [3.63, 3.8) is 0 Å². The maximum absolute atomic E-state index is 8.90. The largest absolute Gasteiger partial charge is 0.396 e. The Morgan fingerprint density at radius 1 is 0.947 bits per heavy atom. The molecule has 2 aromatic carbocycles. The van der Waals surface area contributed by atoms with E-state index in [4.69, 9.17) is 5.11 Å². The number of hydrogen-bond donors (Lipinski definition) is 2. The summed E-state index contributed by atoms with van der Waals surface area (Å²) < 4.78 is 0. The van der Waals surface area contributed by atoms with Crippen LogP contribution in [0.5, 0.6) is 0 Å². The van der Waals surface area contributed by atoms with E-state index >= 15 is 0 Å². The summed E-state index contributed by atoms with van der Waals surface area (Å²) in [6.07, 6.45) is 2.94. The molecule has 0 aliphatic carbocycles. The second-order valence-corrected chi connectivity index (χ2v) is 5.75. The van der Waals surface area contributed by atoms with E-state index in [0.29, 0.717) is 0 Å². The van der Waals surface area contributed by atoms with Gasteiger partial charge in [0, 0.05) is 16.4 Å². The van der Waals surface area contributed by atoms with Crippen LogP contribution in [0.25, 0.3) is 0 Å². The van der Waals surface area contributed by atoms with Crippen molar-refractivity contribution < 1.29 is 5.11 Å². The van der Waals surface area contributed by atoms with E-state index in [9.17, 15) is 0 Å². The number of fused-ring (bicyclic) bond motifs is 2. The van der Waals surface area contributed by atoms with Crippen molar-refractivity contribution in [2.75, 3.05) is 11.9 Å². The van der Waals surface area contributed by atoms with Gasteiger partial charge in [0.05, 0.1) is 11.4 Å². The third-order valence-electron chi connectivity index (χ3n) is 3.32. The van der Waals surface area contributed by atoms with Gasteiger partial charge in [-0.25, -0.2) is 0 Å². The first kappa shape index (κ1) is 12.6. The Kier molecular flexibility index (Phi) is 3.76. The molecule has 0 fully saturated rings. The number of rotatable bonds is 4. The minimum Gasteiger partial charge on any atom is -0.396 e. The van der Waals surface area contributed by atoms with E-state index in [1.54, 1.807) is 0 Å². The highest BCUT2D eigenvalue weighted by Crippen LogP contribution is 2.45. The minimum absolute atomic E-state index is 0.281. The van der Waals surface area contributed by atoms with E-state index in [1.807, 2.05) is 11.8 Å². The second-order valence-electron chi connectivity index (χ2n) is 4.70. The SMILES string of the molecule is OCCCCc1cccc2c1Sc1ccccc1N2. The number of hydrogen-bond acceptors (Lipinski definition) is 3. The zero-order valence-corrected chi connectivity index (χ0v) is 11.5. The van der Waals surface area contributed by atoms with Crippen molar-refractivity contribution in [2.24, 2.45) is 0 Å². The maximum atomic E-state index is 8.90. The number of anilines is 2. The molecule has 0 saturated heterocycles. The molecule has 2 N–H and O–H groups in total. The van der Waals surface area contributed by atoms with E-state index < -0.39 is 0 Å². The molecule has 0 aromatic heterocycles. The highest BCUT2D eigenvalue weighted by atomic mass is 32.2. The molecule has 1 aliphatic rings. The molecular formula is C16H17NOS. The Labute approximate surface area is 117 Å². The van der Waals surface area contributed by atoms with Crippen LogP contribution in [0.2, 0.25) is 0 Å². The number of aryl methyl sites for hydroxylation is 1. The van der Waals surface area contributed by atoms with E-state index in [1.165, 1.54) is 26.7 Å². The van der Waals surface area contributed by atoms with Crippen LogP contribution in [0.15, 0.2) is 52.3 Å². The van der Waals surface area contributed by atoms with Gasteiger partial charge in [0.15, 0.2) is 0 Å². The molecule has 1 aliphatic heterocycles. The van der Waals surface area contributed by atoms with Crippen LogP contribution >= 0.6 is 11.8 Å². The van der Waals surface area contributed by atoms with Gasteiger partial charge in [-0.05, 0) is 43.0 Å². The molecule has 0 radical (unpaired) electrons. The average molecular weight is 271 g/mol. The van der Waals surface area contributed by atoms with Gasteiger partial charge in [0.25, 0.3) is 0 Å². The van der Waals surface area contributed by atoms with E-state index in [0.717, 1.165) is 19.3 Å². The Morgan fingerprint density at radius 2 is 1.79 bits per heavy atom. The summed E-state index contributed by atoms with van der Waals surface area (Å²) in [4.78, 5) is 2.61. The summed E-state index contributed by atoms with van der Waals surface area (Å²) in [5, 5.41) is 12.4. The van der Waals surface area contributed by atoms with Crippen molar-refractivity contribution in [2.45, 2.75) is 29.1 Å². The zero-order valence-electron chi connectivity index (χ0n) is 10.7. The fourth-order valence-corrected chi connectivity index (χ4v) is 3.47. The average Bonchev–Trinajstić information content (AvgIpc) is 2.46. The van der Waals surface area contributed by atoms with Gasteiger partial charge in [-0.2, -0.15) is 0 Å². The fraction of sp³-hybridized carbons (Fsp3) is 0.250. The van der Waals surface area contributed by atoms with Crippen LogP contribution in [-0.2, 0) is 6.42 Å². The quantitative estimate of drug-likeness (QED) is 0.697. The first-order valence-electron chi connectivity index (χ1n) is 6.65. The molecule has 3 rings (SSSR count). The molecule has 0 saturated carbocycles. The molecule has 0 bridgehead atoms. The van der Waals surface area contributed by atoms with Crippen LogP contribution in [-0.4, -0.2) is 11.7 Å². The van der Waals surface area contributed by atoms with Crippen molar-refractivity contribution in [1.29, 1.82) is 0 Å². The summed E-state index contributed by atoms with van der Waals surface area (Å²) in [5.41, 5.74) is 3.76. The first-order chi connectivity index (χ1) is 9.38. The smallest absolute Gasteiger partial charge is 0.0529 e. The van der Waals surface area contributed by atoms with Crippen molar-refractivity contribution >= 4 is 23.1 Å². The molecule has 0 spiro atoms. The highest BCUT2D eigenvalue weighted by molar-refractivity contribution is 7.99. The molecular weight excluding hydrogens is 254 g/mol. The van der Waals surface area contributed by atoms with E-state index in [-0.39, 0.29) is 6.61 Å². The summed E-state index contributed by atoms with van der Waals surface area (Å²) in [6.45, 7) is 0.281. The third-order valence-corrected chi connectivity index (χ3v) is 4.58. The van der Waals surface area contributed by atoms with Crippen molar-refractivity contribution in [1.82, 2.24) is 0 Å².